The highest BCUT2D eigenvalue weighted by molar-refractivity contribution is 9.10. The molecule has 2 rings (SSSR count). The van der Waals surface area contributed by atoms with Gasteiger partial charge in [0.25, 0.3) is 0 Å². The maximum atomic E-state index is 12.3. The van der Waals surface area contributed by atoms with E-state index in [2.05, 4.69) is 27.6 Å². The molecule has 0 bridgehead atoms. The maximum Gasteiger partial charge on any atom is 0.240 e. The highest BCUT2D eigenvalue weighted by Gasteiger charge is 2.25. The Bertz CT molecular complexity index is 530. The van der Waals surface area contributed by atoms with E-state index in [0.29, 0.717) is 10.8 Å². The summed E-state index contributed by atoms with van der Waals surface area (Å²) in [5.41, 5.74) is 0. The molecule has 1 fully saturated rings. The van der Waals surface area contributed by atoms with E-state index in [1.54, 1.807) is 18.2 Å². The quantitative estimate of drug-likeness (QED) is 0.904. The van der Waals surface area contributed by atoms with Gasteiger partial charge in [-0.1, -0.05) is 48.2 Å². The van der Waals surface area contributed by atoms with E-state index < -0.39 is 10.0 Å². The fourth-order valence-electron chi connectivity index (χ4n) is 2.69. The minimum atomic E-state index is -3.39. The van der Waals surface area contributed by atoms with Crippen molar-refractivity contribution < 1.29 is 8.42 Å². The van der Waals surface area contributed by atoms with Crippen molar-refractivity contribution in [2.45, 2.75) is 50.0 Å². The van der Waals surface area contributed by atoms with Crippen LogP contribution in [0.5, 0.6) is 0 Å². The molecular formula is C14H20BrNO2S. The third-order valence-corrected chi connectivity index (χ3v) is 5.80. The van der Waals surface area contributed by atoms with Gasteiger partial charge in [-0.05, 0) is 37.0 Å². The average molecular weight is 346 g/mol. The van der Waals surface area contributed by atoms with Gasteiger partial charge in [-0.2, -0.15) is 0 Å². The lowest BCUT2D eigenvalue weighted by Gasteiger charge is -2.28. The first-order chi connectivity index (χ1) is 9.01. The maximum absolute atomic E-state index is 12.3. The molecule has 0 aliphatic heterocycles. The van der Waals surface area contributed by atoms with Gasteiger partial charge in [-0.15, -0.1) is 0 Å². The van der Waals surface area contributed by atoms with Gasteiger partial charge in [0, 0.05) is 10.5 Å². The SMILES string of the molecule is CCC1CCCC(NS(=O)(=O)c2cccc(Br)c2)C1. The summed E-state index contributed by atoms with van der Waals surface area (Å²) in [6.45, 7) is 2.18. The van der Waals surface area contributed by atoms with Crippen molar-refractivity contribution in [1.29, 1.82) is 0 Å². The summed E-state index contributed by atoms with van der Waals surface area (Å²) < 4.78 is 28.3. The first-order valence-electron chi connectivity index (χ1n) is 6.79. The Kier molecular flexibility index (Phi) is 5.03. The standard InChI is InChI=1S/C14H20BrNO2S/c1-2-11-5-3-7-13(9-11)16-19(17,18)14-8-4-6-12(15)10-14/h4,6,8,10-11,13,16H,2-3,5,7,9H2,1H3. The Morgan fingerprint density at radius 3 is 2.84 bits per heavy atom. The van der Waals surface area contributed by atoms with Crippen molar-refractivity contribution >= 4 is 26.0 Å². The summed E-state index contributed by atoms with van der Waals surface area (Å²) in [6.07, 6.45) is 5.39. The van der Waals surface area contributed by atoms with Crippen LogP contribution in [-0.2, 0) is 10.0 Å². The molecule has 2 atom stereocenters. The Hall–Kier alpha value is -0.390. The van der Waals surface area contributed by atoms with Crippen molar-refractivity contribution in [3.63, 3.8) is 0 Å². The monoisotopic (exact) mass is 345 g/mol. The molecule has 0 aromatic heterocycles. The molecule has 0 spiro atoms. The number of benzene rings is 1. The van der Waals surface area contributed by atoms with Crippen molar-refractivity contribution in [3.05, 3.63) is 28.7 Å². The van der Waals surface area contributed by atoms with Crippen LogP contribution in [0.3, 0.4) is 0 Å². The van der Waals surface area contributed by atoms with Gasteiger partial charge in [-0.25, -0.2) is 13.1 Å². The van der Waals surface area contributed by atoms with Crippen molar-refractivity contribution in [1.82, 2.24) is 4.72 Å². The Balaban J connectivity index is 2.09. The van der Waals surface area contributed by atoms with Gasteiger partial charge in [0.05, 0.1) is 4.90 Å². The minimum Gasteiger partial charge on any atom is -0.208 e. The second kappa shape index (κ2) is 6.37. The molecule has 1 aromatic rings. The van der Waals surface area contributed by atoms with E-state index in [0.717, 1.165) is 30.2 Å². The van der Waals surface area contributed by atoms with Crippen molar-refractivity contribution in [3.8, 4) is 0 Å². The van der Waals surface area contributed by atoms with Crippen LogP contribution in [0.1, 0.15) is 39.0 Å². The molecule has 19 heavy (non-hydrogen) atoms. The largest absolute Gasteiger partial charge is 0.240 e. The van der Waals surface area contributed by atoms with Crippen LogP contribution in [0.4, 0.5) is 0 Å². The Morgan fingerprint density at radius 1 is 1.37 bits per heavy atom. The topological polar surface area (TPSA) is 46.2 Å². The molecule has 106 valence electrons. The molecule has 0 amide bonds. The molecule has 1 aromatic carbocycles. The van der Waals surface area contributed by atoms with E-state index in [-0.39, 0.29) is 6.04 Å². The molecule has 1 N–H and O–H groups in total. The van der Waals surface area contributed by atoms with Crippen LogP contribution >= 0.6 is 15.9 Å². The smallest absolute Gasteiger partial charge is 0.208 e. The lowest BCUT2D eigenvalue weighted by atomic mass is 9.85. The number of sulfonamides is 1. The zero-order valence-electron chi connectivity index (χ0n) is 11.1. The predicted octanol–water partition coefficient (Wildman–Crippen LogP) is 3.70. The van der Waals surface area contributed by atoms with Crippen LogP contribution in [0.15, 0.2) is 33.6 Å². The first-order valence-corrected chi connectivity index (χ1v) is 9.07. The molecule has 1 aliphatic rings. The third kappa shape index (κ3) is 4.04. The van der Waals surface area contributed by atoms with E-state index in [1.807, 2.05) is 6.07 Å². The second-order valence-electron chi connectivity index (χ2n) is 5.22. The van der Waals surface area contributed by atoms with Gasteiger partial charge in [0.15, 0.2) is 0 Å². The van der Waals surface area contributed by atoms with Crippen LogP contribution in [0.2, 0.25) is 0 Å². The molecule has 3 nitrogen and oxygen atoms in total. The lowest BCUT2D eigenvalue weighted by molar-refractivity contribution is 0.301. The third-order valence-electron chi connectivity index (χ3n) is 3.79. The Labute approximate surface area is 124 Å². The van der Waals surface area contributed by atoms with Gasteiger partial charge in [0.1, 0.15) is 0 Å². The van der Waals surface area contributed by atoms with Crippen LogP contribution < -0.4 is 4.72 Å². The molecule has 1 saturated carbocycles. The second-order valence-corrected chi connectivity index (χ2v) is 7.85. The number of nitrogens with one attached hydrogen (secondary N) is 1. The average Bonchev–Trinajstić information content (AvgIpc) is 2.38. The van der Waals surface area contributed by atoms with E-state index in [9.17, 15) is 8.42 Å². The van der Waals surface area contributed by atoms with Crippen LogP contribution in [0, 0.1) is 5.92 Å². The fraction of sp³-hybridized carbons (Fsp3) is 0.571. The lowest BCUT2D eigenvalue weighted by Crippen LogP contribution is -2.38. The highest BCUT2D eigenvalue weighted by Crippen LogP contribution is 2.27. The van der Waals surface area contributed by atoms with Crippen LogP contribution in [-0.4, -0.2) is 14.5 Å². The normalized spacial score (nSPS) is 24.3. The van der Waals surface area contributed by atoms with E-state index >= 15 is 0 Å². The number of halogens is 1. The van der Waals surface area contributed by atoms with Crippen molar-refractivity contribution in [2.24, 2.45) is 5.92 Å². The summed E-state index contributed by atoms with van der Waals surface area (Å²) in [6, 6.07) is 6.93. The molecule has 0 saturated heterocycles. The van der Waals surface area contributed by atoms with E-state index in [1.165, 1.54) is 6.42 Å². The molecule has 0 radical (unpaired) electrons. The molecule has 5 heteroatoms. The molecule has 0 heterocycles. The van der Waals surface area contributed by atoms with Crippen molar-refractivity contribution in [2.75, 3.05) is 0 Å². The number of hydrogen-bond acceptors (Lipinski definition) is 2. The zero-order chi connectivity index (χ0) is 13.9. The zero-order valence-corrected chi connectivity index (χ0v) is 13.5. The van der Waals surface area contributed by atoms with Gasteiger partial charge in [-0.3, -0.25) is 0 Å². The number of rotatable bonds is 4. The van der Waals surface area contributed by atoms with Gasteiger partial charge >= 0.3 is 0 Å². The first kappa shape index (κ1) is 15.0. The highest BCUT2D eigenvalue weighted by atomic mass is 79.9. The summed E-state index contributed by atoms with van der Waals surface area (Å²) in [5.74, 6) is 0.656. The molecular weight excluding hydrogens is 326 g/mol. The summed E-state index contributed by atoms with van der Waals surface area (Å²) in [5, 5.41) is 0. The van der Waals surface area contributed by atoms with Gasteiger partial charge in [0.2, 0.25) is 10.0 Å². The minimum absolute atomic E-state index is 0.0858. The van der Waals surface area contributed by atoms with Gasteiger partial charge < -0.3 is 0 Å². The fourth-order valence-corrected chi connectivity index (χ4v) is 4.57. The van der Waals surface area contributed by atoms with Crippen LogP contribution in [0.25, 0.3) is 0 Å². The Morgan fingerprint density at radius 2 is 2.16 bits per heavy atom. The predicted molar refractivity (Wildman–Crippen MR) is 80.5 cm³/mol. The molecule has 2 unspecified atom stereocenters. The van der Waals surface area contributed by atoms with E-state index in [4.69, 9.17) is 0 Å². The summed E-state index contributed by atoms with van der Waals surface area (Å²) >= 11 is 3.31. The molecule has 1 aliphatic carbocycles. The number of hydrogen-bond donors (Lipinski definition) is 1. The summed E-state index contributed by atoms with van der Waals surface area (Å²) in [4.78, 5) is 0.334. The summed E-state index contributed by atoms with van der Waals surface area (Å²) in [7, 11) is -3.39.